The molecule has 0 fully saturated rings. The molecular weight excluding hydrogens is 316 g/mol. The molecule has 0 radical (unpaired) electrons. The highest BCUT2D eigenvalue weighted by molar-refractivity contribution is 6.30. The van der Waals surface area contributed by atoms with Crippen LogP contribution in [0.3, 0.4) is 0 Å². The summed E-state index contributed by atoms with van der Waals surface area (Å²) in [5.41, 5.74) is 1.04. The average Bonchev–Trinajstić information content (AvgIpc) is 2.45. The fourth-order valence-corrected chi connectivity index (χ4v) is 2.20. The van der Waals surface area contributed by atoms with E-state index in [0.717, 1.165) is 5.56 Å². The van der Waals surface area contributed by atoms with Crippen LogP contribution in [0.25, 0.3) is 11.1 Å². The van der Waals surface area contributed by atoms with Gasteiger partial charge in [-0.3, -0.25) is 14.9 Å². The second-order valence-corrected chi connectivity index (χ2v) is 6.67. The Bertz CT molecular complexity index is 749. The maximum Gasteiger partial charge on any atom is 0.270 e. The van der Waals surface area contributed by atoms with Gasteiger partial charge in [-0.05, 0) is 50.1 Å². The summed E-state index contributed by atoms with van der Waals surface area (Å²) in [5.74, 6) is -0.351. The van der Waals surface area contributed by atoms with Crippen molar-refractivity contribution in [2.75, 3.05) is 0 Å². The Morgan fingerprint density at radius 1 is 1.09 bits per heavy atom. The van der Waals surface area contributed by atoms with E-state index in [1.807, 2.05) is 20.8 Å². The number of hydrogen-bond acceptors (Lipinski definition) is 3. The van der Waals surface area contributed by atoms with Gasteiger partial charge in [-0.1, -0.05) is 23.7 Å². The number of non-ortho nitro benzene ring substituents is 1. The fourth-order valence-electron chi connectivity index (χ4n) is 2.07. The van der Waals surface area contributed by atoms with Crippen molar-refractivity contribution in [3.05, 3.63) is 63.2 Å². The van der Waals surface area contributed by atoms with Gasteiger partial charge in [-0.15, -0.1) is 0 Å². The molecule has 0 heterocycles. The van der Waals surface area contributed by atoms with Crippen molar-refractivity contribution < 1.29 is 9.72 Å². The van der Waals surface area contributed by atoms with Gasteiger partial charge in [0.05, 0.1) is 4.92 Å². The molecule has 120 valence electrons. The molecule has 6 heteroatoms. The molecule has 0 aliphatic rings. The van der Waals surface area contributed by atoms with Crippen LogP contribution in [0.5, 0.6) is 0 Å². The zero-order chi connectivity index (χ0) is 17.2. The lowest BCUT2D eigenvalue weighted by molar-refractivity contribution is -0.384. The smallest absolute Gasteiger partial charge is 0.270 e. The van der Waals surface area contributed by atoms with Gasteiger partial charge < -0.3 is 5.32 Å². The average molecular weight is 333 g/mol. The molecule has 0 aliphatic heterocycles. The number of carbonyl (C=O) groups excluding carboxylic acids is 1. The third-order valence-corrected chi connectivity index (χ3v) is 3.31. The summed E-state index contributed by atoms with van der Waals surface area (Å²) in [6.07, 6.45) is 0. The fraction of sp³-hybridized carbons (Fsp3) is 0.235. The summed E-state index contributed by atoms with van der Waals surface area (Å²) in [6.45, 7) is 5.55. The maximum absolute atomic E-state index is 12.3. The zero-order valence-corrected chi connectivity index (χ0v) is 13.8. The predicted octanol–water partition coefficient (Wildman–Crippen LogP) is 4.44. The second kappa shape index (κ2) is 6.38. The second-order valence-electron chi connectivity index (χ2n) is 6.24. The summed E-state index contributed by atoms with van der Waals surface area (Å²) in [6, 6.07) is 11.3. The summed E-state index contributed by atoms with van der Waals surface area (Å²) in [5, 5.41) is 14.5. The van der Waals surface area contributed by atoms with Gasteiger partial charge >= 0.3 is 0 Å². The molecule has 0 aromatic heterocycles. The van der Waals surface area contributed by atoms with Crippen molar-refractivity contribution in [2.45, 2.75) is 26.3 Å². The molecule has 0 aliphatic carbocycles. The summed E-state index contributed by atoms with van der Waals surface area (Å²) in [7, 11) is 0. The van der Waals surface area contributed by atoms with E-state index in [-0.39, 0.29) is 17.2 Å². The lowest BCUT2D eigenvalue weighted by Crippen LogP contribution is -2.40. The van der Waals surface area contributed by atoms with Crippen LogP contribution in [0, 0.1) is 10.1 Å². The number of halogens is 1. The molecule has 2 rings (SSSR count). The van der Waals surface area contributed by atoms with Crippen molar-refractivity contribution in [3.63, 3.8) is 0 Å². The Kier molecular flexibility index (Phi) is 4.71. The van der Waals surface area contributed by atoms with Gasteiger partial charge in [0.25, 0.3) is 11.6 Å². The molecule has 23 heavy (non-hydrogen) atoms. The van der Waals surface area contributed by atoms with E-state index in [1.54, 1.807) is 30.3 Å². The van der Waals surface area contributed by atoms with Crippen molar-refractivity contribution in [1.82, 2.24) is 5.32 Å². The Morgan fingerprint density at radius 2 is 1.70 bits per heavy atom. The van der Waals surface area contributed by atoms with E-state index < -0.39 is 10.5 Å². The molecule has 0 spiro atoms. The Labute approximate surface area is 139 Å². The van der Waals surface area contributed by atoms with Gasteiger partial charge in [0.1, 0.15) is 0 Å². The van der Waals surface area contributed by atoms with Crippen LogP contribution in [-0.4, -0.2) is 16.4 Å². The number of nitro groups is 1. The Morgan fingerprint density at radius 3 is 2.22 bits per heavy atom. The topological polar surface area (TPSA) is 72.2 Å². The van der Waals surface area contributed by atoms with Crippen LogP contribution in [0.15, 0.2) is 42.5 Å². The number of nitrogens with one attached hydrogen (secondary N) is 1. The molecule has 2 aromatic rings. The Hall–Kier alpha value is -2.40. The SMILES string of the molecule is CC(C)(C)NC(=O)c1cc(-c2ccc(Cl)cc2)cc([N+](=O)[O-])c1. The van der Waals surface area contributed by atoms with E-state index in [9.17, 15) is 14.9 Å². The zero-order valence-electron chi connectivity index (χ0n) is 13.1. The number of carbonyl (C=O) groups is 1. The third-order valence-electron chi connectivity index (χ3n) is 3.06. The highest BCUT2D eigenvalue weighted by Crippen LogP contribution is 2.27. The quantitative estimate of drug-likeness (QED) is 0.667. The maximum atomic E-state index is 12.3. The number of benzene rings is 2. The minimum absolute atomic E-state index is 0.128. The van der Waals surface area contributed by atoms with E-state index in [2.05, 4.69) is 5.32 Å². The molecular formula is C17H17ClN2O3. The first-order valence-electron chi connectivity index (χ1n) is 7.04. The van der Waals surface area contributed by atoms with Gasteiger partial charge in [-0.25, -0.2) is 0 Å². The molecule has 0 atom stereocenters. The highest BCUT2D eigenvalue weighted by Gasteiger charge is 2.19. The summed E-state index contributed by atoms with van der Waals surface area (Å²) in [4.78, 5) is 23.0. The largest absolute Gasteiger partial charge is 0.347 e. The first-order chi connectivity index (χ1) is 10.7. The monoisotopic (exact) mass is 332 g/mol. The van der Waals surface area contributed by atoms with E-state index in [0.29, 0.717) is 10.6 Å². The summed E-state index contributed by atoms with van der Waals surface area (Å²) >= 11 is 5.86. The normalized spacial score (nSPS) is 11.1. The molecule has 0 bridgehead atoms. The van der Waals surface area contributed by atoms with E-state index in [4.69, 9.17) is 11.6 Å². The van der Waals surface area contributed by atoms with Crippen molar-refractivity contribution in [1.29, 1.82) is 0 Å². The van der Waals surface area contributed by atoms with Crippen LogP contribution in [0.1, 0.15) is 31.1 Å². The lowest BCUT2D eigenvalue weighted by Gasteiger charge is -2.20. The molecule has 2 aromatic carbocycles. The van der Waals surface area contributed by atoms with Gasteiger partial charge in [0, 0.05) is 28.3 Å². The van der Waals surface area contributed by atoms with Gasteiger partial charge in [0.2, 0.25) is 0 Å². The van der Waals surface area contributed by atoms with Gasteiger partial charge in [0.15, 0.2) is 0 Å². The van der Waals surface area contributed by atoms with Crippen LogP contribution in [-0.2, 0) is 0 Å². The predicted molar refractivity (Wildman–Crippen MR) is 90.8 cm³/mol. The number of nitro benzene ring substituents is 1. The standard InChI is InChI=1S/C17H17ClN2O3/c1-17(2,3)19-16(21)13-8-12(9-15(10-13)20(22)23)11-4-6-14(18)7-5-11/h4-10H,1-3H3,(H,19,21). The highest BCUT2D eigenvalue weighted by atomic mass is 35.5. The van der Waals surface area contributed by atoms with Gasteiger partial charge in [-0.2, -0.15) is 0 Å². The molecule has 0 saturated heterocycles. The van der Waals surface area contributed by atoms with E-state index in [1.165, 1.54) is 12.1 Å². The van der Waals surface area contributed by atoms with Crippen molar-refractivity contribution in [2.24, 2.45) is 0 Å². The molecule has 0 unspecified atom stereocenters. The van der Waals surface area contributed by atoms with Crippen LogP contribution in [0.2, 0.25) is 5.02 Å². The molecule has 5 nitrogen and oxygen atoms in total. The lowest BCUT2D eigenvalue weighted by atomic mass is 10.0. The molecule has 1 N–H and O–H groups in total. The van der Waals surface area contributed by atoms with E-state index >= 15 is 0 Å². The van der Waals surface area contributed by atoms with Crippen LogP contribution >= 0.6 is 11.6 Å². The van der Waals surface area contributed by atoms with Crippen molar-refractivity contribution >= 4 is 23.2 Å². The number of amides is 1. The van der Waals surface area contributed by atoms with Crippen LogP contribution in [0.4, 0.5) is 5.69 Å². The molecule has 1 amide bonds. The first-order valence-corrected chi connectivity index (χ1v) is 7.41. The minimum atomic E-state index is -0.507. The van der Waals surface area contributed by atoms with Crippen LogP contribution < -0.4 is 5.32 Å². The molecule has 0 saturated carbocycles. The third kappa shape index (κ3) is 4.53. The summed E-state index contributed by atoms with van der Waals surface area (Å²) < 4.78 is 0. The minimum Gasteiger partial charge on any atom is -0.347 e. The van der Waals surface area contributed by atoms with Crippen molar-refractivity contribution in [3.8, 4) is 11.1 Å². The first kappa shape index (κ1) is 17.0. The number of hydrogen-bond donors (Lipinski definition) is 1. The number of nitrogens with zero attached hydrogens (tertiary/aromatic N) is 1. The number of rotatable bonds is 3. The Balaban J connectivity index is 2.49.